The van der Waals surface area contributed by atoms with Crippen LogP contribution in [0, 0.1) is 11.3 Å². The van der Waals surface area contributed by atoms with E-state index in [0.717, 1.165) is 12.8 Å². The Kier molecular flexibility index (Phi) is 3.24. The van der Waals surface area contributed by atoms with E-state index in [1.54, 1.807) is 4.90 Å². The number of amidine groups is 1. The van der Waals surface area contributed by atoms with E-state index in [4.69, 9.17) is 16.0 Å². The molecule has 0 aromatic rings. The molecular weight excluding hydrogens is 222 g/mol. The second-order valence-electron chi connectivity index (χ2n) is 5.01. The molecule has 1 aliphatic heterocycles. The molecule has 1 unspecified atom stereocenters. The molecule has 1 saturated carbocycles. The molecule has 1 amide bonds. The number of nitrogens with zero attached hydrogens (tertiary/aromatic N) is 2. The largest absolute Gasteiger partial charge is 0.409 e. The van der Waals surface area contributed by atoms with Crippen LogP contribution < -0.4 is 5.73 Å². The maximum atomic E-state index is 12.3. The van der Waals surface area contributed by atoms with Crippen LogP contribution in [0.3, 0.4) is 0 Å². The van der Waals surface area contributed by atoms with E-state index in [1.807, 2.05) is 0 Å². The fourth-order valence-corrected chi connectivity index (χ4v) is 2.50. The van der Waals surface area contributed by atoms with Crippen LogP contribution in [0.25, 0.3) is 0 Å². The molecule has 1 atom stereocenters. The van der Waals surface area contributed by atoms with Crippen LogP contribution in [0.2, 0.25) is 0 Å². The lowest BCUT2D eigenvalue weighted by Crippen LogP contribution is -2.48. The minimum Gasteiger partial charge on any atom is -0.409 e. The molecular formula is C11H19N3O3. The highest BCUT2D eigenvalue weighted by molar-refractivity contribution is 6.09. The molecule has 0 aromatic carbocycles. The molecule has 6 nitrogen and oxygen atoms in total. The molecule has 0 bridgehead atoms. The summed E-state index contributed by atoms with van der Waals surface area (Å²) >= 11 is 0. The molecule has 0 spiro atoms. The lowest BCUT2D eigenvalue weighted by molar-refractivity contribution is -0.136. The fourth-order valence-electron chi connectivity index (χ4n) is 2.50. The summed E-state index contributed by atoms with van der Waals surface area (Å²) in [5.41, 5.74) is 4.83. The van der Waals surface area contributed by atoms with Gasteiger partial charge in [-0.05, 0) is 31.6 Å². The quantitative estimate of drug-likeness (QED) is 0.274. The van der Waals surface area contributed by atoms with Gasteiger partial charge in [-0.2, -0.15) is 0 Å². The minimum absolute atomic E-state index is 0.0219. The first kappa shape index (κ1) is 12.2. The lowest BCUT2D eigenvalue weighted by atomic mass is 9.96. The predicted molar refractivity (Wildman–Crippen MR) is 61.5 cm³/mol. The summed E-state index contributed by atoms with van der Waals surface area (Å²) in [4.78, 5) is 14.1. The molecule has 0 aromatic heterocycles. The van der Waals surface area contributed by atoms with Crippen molar-refractivity contribution in [3.63, 3.8) is 0 Å². The number of carbonyl (C=O) groups is 1. The van der Waals surface area contributed by atoms with Crippen molar-refractivity contribution in [3.8, 4) is 0 Å². The first-order valence-corrected chi connectivity index (χ1v) is 6.02. The van der Waals surface area contributed by atoms with Gasteiger partial charge in [0.25, 0.3) is 0 Å². The van der Waals surface area contributed by atoms with Gasteiger partial charge in [0.2, 0.25) is 5.91 Å². The summed E-state index contributed by atoms with van der Waals surface area (Å²) in [7, 11) is 0. The van der Waals surface area contributed by atoms with Gasteiger partial charge in [-0.3, -0.25) is 4.79 Å². The molecule has 1 heterocycles. The Labute approximate surface area is 100 Å². The molecule has 17 heavy (non-hydrogen) atoms. The zero-order valence-corrected chi connectivity index (χ0v) is 9.80. The summed E-state index contributed by atoms with van der Waals surface area (Å²) < 4.78 is 0. The van der Waals surface area contributed by atoms with Crippen molar-refractivity contribution >= 4 is 11.7 Å². The highest BCUT2D eigenvalue weighted by Crippen LogP contribution is 2.47. The summed E-state index contributed by atoms with van der Waals surface area (Å²) in [5, 5.41) is 20.8. The van der Waals surface area contributed by atoms with Crippen LogP contribution in [0.1, 0.15) is 25.7 Å². The van der Waals surface area contributed by atoms with E-state index >= 15 is 0 Å². The highest BCUT2D eigenvalue weighted by atomic mass is 16.4. The van der Waals surface area contributed by atoms with E-state index in [2.05, 4.69) is 5.16 Å². The molecule has 2 fully saturated rings. The van der Waals surface area contributed by atoms with Gasteiger partial charge in [-0.15, -0.1) is 0 Å². The average molecular weight is 241 g/mol. The maximum Gasteiger partial charge on any atom is 0.236 e. The number of likely N-dealkylation sites (tertiary alicyclic amines) is 1. The normalized spacial score (nSPS) is 27.9. The highest BCUT2D eigenvalue weighted by Gasteiger charge is 2.56. The molecule has 2 rings (SSSR count). The number of hydrogen-bond donors (Lipinski definition) is 3. The van der Waals surface area contributed by atoms with Gasteiger partial charge < -0.3 is 20.9 Å². The average Bonchev–Trinajstić information content (AvgIpc) is 3.18. The van der Waals surface area contributed by atoms with Gasteiger partial charge >= 0.3 is 0 Å². The minimum atomic E-state index is -0.758. The van der Waals surface area contributed by atoms with Gasteiger partial charge in [0.15, 0.2) is 5.84 Å². The summed E-state index contributed by atoms with van der Waals surface area (Å²) in [6.45, 7) is 1.39. The van der Waals surface area contributed by atoms with Crippen molar-refractivity contribution in [2.75, 3.05) is 19.7 Å². The van der Waals surface area contributed by atoms with Crippen LogP contribution >= 0.6 is 0 Å². The Morgan fingerprint density at radius 3 is 2.76 bits per heavy atom. The zero-order valence-electron chi connectivity index (χ0n) is 9.80. The topological polar surface area (TPSA) is 99.2 Å². The second kappa shape index (κ2) is 4.52. The first-order valence-electron chi connectivity index (χ1n) is 6.02. The number of piperidine rings is 1. The molecule has 0 radical (unpaired) electrons. The van der Waals surface area contributed by atoms with E-state index in [-0.39, 0.29) is 24.3 Å². The number of aliphatic hydroxyl groups is 1. The Morgan fingerprint density at radius 1 is 1.53 bits per heavy atom. The fraction of sp³-hybridized carbons (Fsp3) is 0.818. The molecule has 1 saturated heterocycles. The number of oxime groups is 1. The van der Waals surface area contributed by atoms with Gasteiger partial charge in [0.1, 0.15) is 5.41 Å². The van der Waals surface area contributed by atoms with Crippen LogP contribution in [0.15, 0.2) is 5.16 Å². The van der Waals surface area contributed by atoms with Crippen LogP contribution in [-0.4, -0.2) is 46.7 Å². The summed E-state index contributed by atoms with van der Waals surface area (Å²) in [6.07, 6.45) is 3.17. The Balaban J connectivity index is 2.05. The molecule has 96 valence electrons. The number of amides is 1. The third-order valence-corrected chi connectivity index (χ3v) is 3.82. The molecule has 4 N–H and O–H groups in total. The molecule has 1 aliphatic carbocycles. The number of aliphatic hydroxyl groups excluding tert-OH is 1. The SMILES string of the molecule is NC(=NO)C1(C(=O)N2CCCC(CO)C2)CC1. The van der Waals surface area contributed by atoms with Gasteiger partial charge in [-0.1, -0.05) is 5.16 Å². The predicted octanol–water partition coefficient (Wildman–Crippen LogP) is -0.256. The Hall–Kier alpha value is -1.30. The number of hydrogen-bond acceptors (Lipinski definition) is 4. The van der Waals surface area contributed by atoms with Crippen molar-refractivity contribution in [3.05, 3.63) is 0 Å². The van der Waals surface area contributed by atoms with E-state index in [0.29, 0.717) is 25.9 Å². The maximum absolute atomic E-state index is 12.3. The van der Waals surface area contributed by atoms with Crippen molar-refractivity contribution in [2.45, 2.75) is 25.7 Å². The van der Waals surface area contributed by atoms with Crippen molar-refractivity contribution in [1.82, 2.24) is 4.90 Å². The lowest BCUT2D eigenvalue weighted by Gasteiger charge is -2.34. The Morgan fingerprint density at radius 2 is 2.24 bits per heavy atom. The summed E-state index contributed by atoms with van der Waals surface area (Å²) in [6, 6.07) is 0. The number of nitrogens with two attached hydrogens (primary N) is 1. The Bertz CT molecular complexity index is 339. The standard InChI is InChI=1S/C11H19N3O3/c12-9(13-17)11(3-4-11)10(16)14-5-1-2-8(6-14)7-15/h8,15,17H,1-7H2,(H2,12,13). The van der Waals surface area contributed by atoms with E-state index < -0.39 is 5.41 Å². The van der Waals surface area contributed by atoms with Gasteiger partial charge in [0, 0.05) is 19.7 Å². The van der Waals surface area contributed by atoms with Crippen molar-refractivity contribution < 1.29 is 15.1 Å². The monoisotopic (exact) mass is 241 g/mol. The van der Waals surface area contributed by atoms with E-state index in [1.165, 1.54) is 0 Å². The smallest absolute Gasteiger partial charge is 0.236 e. The first-order chi connectivity index (χ1) is 8.14. The zero-order chi connectivity index (χ0) is 12.5. The molecule has 6 heteroatoms. The van der Waals surface area contributed by atoms with Crippen LogP contribution in [0.4, 0.5) is 0 Å². The summed E-state index contributed by atoms with van der Waals surface area (Å²) in [5.74, 6) is 0.135. The van der Waals surface area contributed by atoms with Gasteiger partial charge in [0.05, 0.1) is 0 Å². The second-order valence-corrected chi connectivity index (χ2v) is 5.01. The van der Waals surface area contributed by atoms with Crippen molar-refractivity contribution in [1.29, 1.82) is 0 Å². The third-order valence-electron chi connectivity index (χ3n) is 3.82. The number of rotatable bonds is 3. The van der Waals surface area contributed by atoms with Crippen molar-refractivity contribution in [2.24, 2.45) is 22.2 Å². The van der Waals surface area contributed by atoms with Crippen LogP contribution in [0.5, 0.6) is 0 Å². The van der Waals surface area contributed by atoms with Crippen LogP contribution in [-0.2, 0) is 4.79 Å². The third kappa shape index (κ3) is 2.09. The molecule has 2 aliphatic rings. The van der Waals surface area contributed by atoms with E-state index in [9.17, 15) is 4.79 Å². The van der Waals surface area contributed by atoms with Gasteiger partial charge in [-0.25, -0.2) is 0 Å². The number of carbonyl (C=O) groups excluding carboxylic acids is 1.